The molecule has 2 heterocycles. The van der Waals surface area contributed by atoms with Crippen LogP contribution in [0, 0.1) is 0 Å². The van der Waals surface area contributed by atoms with Crippen LogP contribution in [0.3, 0.4) is 0 Å². The third-order valence-corrected chi connectivity index (χ3v) is 9.35. The number of amides is 3. The number of rotatable bonds is 7. The third kappa shape index (κ3) is 9.62. The van der Waals surface area contributed by atoms with Gasteiger partial charge in [-0.25, -0.2) is 9.59 Å². The molecule has 0 bridgehead atoms. The van der Waals surface area contributed by atoms with E-state index < -0.39 is 5.41 Å². The first-order chi connectivity index (χ1) is 23.3. The lowest BCUT2D eigenvalue weighted by Gasteiger charge is -2.39. The quantitative estimate of drug-likeness (QED) is 0.228. The van der Waals surface area contributed by atoms with E-state index in [1.807, 2.05) is 109 Å². The van der Waals surface area contributed by atoms with Crippen LogP contribution in [-0.4, -0.2) is 54.1 Å². The highest BCUT2D eigenvalue weighted by molar-refractivity contribution is 5.87. The maximum Gasteiger partial charge on any atom is 0.410 e. The average molecular weight is 685 g/mol. The van der Waals surface area contributed by atoms with E-state index in [4.69, 9.17) is 20.9 Å². The Labute approximate surface area is 294 Å². The lowest BCUT2D eigenvalue weighted by Crippen LogP contribution is -2.51. The van der Waals surface area contributed by atoms with E-state index in [0.717, 1.165) is 35.1 Å². The van der Waals surface area contributed by atoms with Crippen LogP contribution in [0.1, 0.15) is 47.9 Å². The monoisotopic (exact) mass is 684 g/mol. The van der Waals surface area contributed by atoms with Gasteiger partial charge in [0.1, 0.15) is 13.2 Å². The first kappa shape index (κ1) is 37.0. The highest BCUT2D eigenvalue weighted by Crippen LogP contribution is 2.35. The van der Waals surface area contributed by atoms with E-state index >= 15 is 0 Å². The Kier molecular flexibility index (Phi) is 13.2. The molecule has 0 spiro atoms. The second-order valence-electron chi connectivity index (χ2n) is 12.4. The summed E-state index contributed by atoms with van der Waals surface area (Å²) in [6, 6.07) is 39.0. The van der Waals surface area contributed by atoms with Crippen LogP contribution >= 0.6 is 12.4 Å². The molecule has 258 valence electrons. The molecule has 10 heteroatoms. The van der Waals surface area contributed by atoms with E-state index in [9.17, 15) is 14.4 Å². The molecular weight excluding hydrogens is 640 g/mol. The molecule has 0 saturated carbocycles. The van der Waals surface area contributed by atoms with Crippen LogP contribution in [0.5, 0.6) is 0 Å². The maximum atomic E-state index is 12.3. The van der Waals surface area contributed by atoms with Crippen molar-refractivity contribution in [3.8, 4) is 0 Å². The molecule has 2 aliphatic rings. The molecule has 0 radical (unpaired) electrons. The zero-order valence-corrected chi connectivity index (χ0v) is 28.4. The van der Waals surface area contributed by atoms with Crippen molar-refractivity contribution in [1.29, 1.82) is 0 Å². The summed E-state index contributed by atoms with van der Waals surface area (Å²) in [5, 5.41) is 0. The van der Waals surface area contributed by atoms with Gasteiger partial charge in [-0.3, -0.25) is 4.79 Å². The fraction of sp³-hybridized carbons (Fsp3) is 0.308. The zero-order valence-electron chi connectivity index (χ0n) is 27.6. The van der Waals surface area contributed by atoms with E-state index in [0.29, 0.717) is 45.6 Å². The van der Waals surface area contributed by atoms with Gasteiger partial charge in [0.2, 0.25) is 5.91 Å². The number of nitrogens with zero attached hydrogens (tertiary/aromatic N) is 2. The summed E-state index contributed by atoms with van der Waals surface area (Å²) < 4.78 is 10.8. The highest BCUT2D eigenvalue weighted by Gasteiger charge is 2.42. The molecule has 4 aromatic carbocycles. The lowest BCUT2D eigenvalue weighted by atomic mass is 9.72. The highest BCUT2D eigenvalue weighted by atomic mass is 35.5. The Morgan fingerprint density at radius 1 is 0.551 bits per heavy atom. The van der Waals surface area contributed by atoms with Gasteiger partial charge >= 0.3 is 12.2 Å². The molecule has 0 aliphatic carbocycles. The molecule has 3 amide bonds. The molecule has 2 aliphatic heterocycles. The van der Waals surface area contributed by atoms with Gasteiger partial charge in [-0.15, -0.1) is 12.4 Å². The minimum Gasteiger partial charge on any atom is -0.445 e. The Morgan fingerprint density at radius 2 is 0.898 bits per heavy atom. The Hall–Kier alpha value is -4.86. The number of carbonyl (C=O) groups excluding carboxylic acids is 3. The topological polar surface area (TPSA) is 128 Å². The minimum absolute atomic E-state index is 0. The zero-order chi connectivity index (χ0) is 33.8. The molecule has 2 saturated heterocycles. The van der Waals surface area contributed by atoms with Gasteiger partial charge in [-0.05, 0) is 47.9 Å². The number of benzene rings is 4. The van der Waals surface area contributed by atoms with Crippen LogP contribution in [0.4, 0.5) is 9.59 Å². The first-order valence-corrected chi connectivity index (χ1v) is 16.4. The molecule has 4 N–H and O–H groups in total. The van der Waals surface area contributed by atoms with Gasteiger partial charge in [0.25, 0.3) is 0 Å². The van der Waals surface area contributed by atoms with Crippen LogP contribution in [0.15, 0.2) is 121 Å². The summed E-state index contributed by atoms with van der Waals surface area (Å²) in [7, 11) is 0. The predicted octanol–water partition coefficient (Wildman–Crippen LogP) is 6.54. The number of hydrogen-bond donors (Lipinski definition) is 2. The molecule has 0 aromatic heterocycles. The summed E-state index contributed by atoms with van der Waals surface area (Å²) in [5.74, 6) is -0.337. The Bertz CT molecular complexity index is 1610. The van der Waals surface area contributed by atoms with Gasteiger partial charge in [-0.1, -0.05) is 121 Å². The smallest absolute Gasteiger partial charge is 0.410 e. The van der Waals surface area contributed by atoms with Crippen LogP contribution in [0.2, 0.25) is 0 Å². The number of primary amides is 1. The van der Waals surface area contributed by atoms with Crippen molar-refractivity contribution in [1.82, 2.24) is 9.80 Å². The molecule has 9 nitrogen and oxygen atoms in total. The molecule has 2 fully saturated rings. The number of likely N-dealkylation sites (tertiary alicyclic amines) is 2. The van der Waals surface area contributed by atoms with Gasteiger partial charge in [0.05, 0.1) is 5.41 Å². The van der Waals surface area contributed by atoms with Gasteiger partial charge < -0.3 is 30.7 Å². The van der Waals surface area contributed by atoms with Crippen molar-refractivity contribution in [2.45, 2.75) is 49.9 Å². The average Bonchev–Trinajstić information content (AvgIpc) is 3.15. The van der Waals surface area contributed by atoms with Crippen LogP contribution < -0.4 is 11.5 Å². The van der Waals surface area contributed by atoms with Crippen molar-refractivity contribution < 1.29 is 23.9 Å². The van der Waals surface area contributed by atoms with Crippen molar-refractivity contribution >= 4 is 30.5 Å². The summed E-state index contributed by atoms with van der Waals surface area (Å²) in [6.45, 7) is 2.70. The number of piperidine rings is 2. The van der Waals surface area contributed by atoms with Crippen LogP contribution in [-0.2, 0) is 38.4 Å². The number of hydrogen-bond acceptors (Lipinski definition) is 6. The van der Waals surface area contributed by atoms with Crippen molar-refractivity contribution in [2.24, 2.45) is 11.5 Å². The summed E-state index contributed by atoms with van der Waals surface area (Å²) >= 11 is 0. The maximum absolute atomic E-state index is 12.3. The summed E-state index contributed by atoms with van der Waals surface area (Å²) in [5.41, 5.74) is 15.2. The van der Waals surface area contributed by atoms with E-state index in [-0.39, 0.29) is 42.6 Å². The Morgan fingerprint density at radius 3 is 1.29 bits per heavy atom. The molecule has 0 atom stereocenters. The second-order valence-corrected chi connectivity index (χ2v) is 12.4. The van der Waals surface area contributed by atoms with Gasteiger partial charge in [0, 0.05) is 31.7 Å². The molecule has 6 rings (SSSR count). The van der Waals surface area contributed by atoms with E-state index in [1.165, 1.54) is 0 Å². The van der Waals surface area contributed by atoms with E-state index in [1.54, 1.807) is 9.80 Å². The fourth-order valence-electron chi connectivity index (χ4n) is 6.27. The molecule has 49 heavy (non-hydrogen) atoms. The first-order valence-electron chi connectivity index (χ1n) is 16.4. The van der Waals surface area contributed by atoms with Crippen molar-refractivity contribution in [3.63, 3.8) is 0 Å². The fourth-order valence-corrected chi connectivity index (χ4v) is 6.27. The number of nitrogens with two attached hydrogens (primary N) is 2. The van der Waals surface area contributed by atoms with Crippen molar-refractivity contribution in [2.75, 3.05) is 26.2 Å². The predicted molar refractivity (Wildman–Crippen MR) is 192 cm³/mol. The summed E-state index contributed by atoms with van der Waals surface area (Å²) in [6.07, 6.45) is 1.90. The SMILES string of the molecule is Cl.NC(=O)C1(c2ccccc2)CCN(C(=O)OCc2ccccc2)CC1.NC1(c2ccccc2)CCN(C(=O)OCc2ccccc2)CC1. The number of ether oxygens (including phenoxy) is 2. The third-order valence-electron chi connectivity index (χ3n) is 9.35. The largest absolute Gasteiger partial charge is 0.445 e. The molecule has 0 unspecified atom stereocenters. The number of halogens is 1. The standard InChI is InChI=1S/C20H22N2O3.C19H22N2O2.ClH/c21-18(23)20(17-9-5-2-6-10-17)11-13-22(14-12-20)19(24)25-15-16-7-3-1-4-8-16;20-19(17-9-5-2-6-10-17)11-13-21(14-12-19)18(22)23-15-16-7-3-1-4-8-16;/h1-10H,11-15H2,(H2,21,23);1-10H,11-15,20H2;1H. The Balaban J connectivity index is 0.000000217. The van der Waals surface area contributed by atoms with E-state index in [2.05, 4.69) is 12.1 Å². The van der Waals surface area contributed by atoms with Crippen molar-refractivity contribution in [3.05, 3.63) is 144 Å². The number of carbonyl (C=O) groups is 3. The second kappa shape index (κ2) is 17.5. The minimum atomic E-state index is -0.711. The normalized spacial score (nSPS) is 16.2. The van der Waals surface area contributed by atoms with Gasteiger partial charge in [0.15, 0.2) is 0 Å². The van der Waals surface area contributed by atoms with Gasteiger partial charge in [-0.2, -0.15) is 0 Å². The molecule has 4 aromatic rings. The van der Waals surface area contributed by atoms with Crippen LogP contribution in [0.25, 0.3) is 0 Å². The molecular formula is C39H45ClN4O5. The summed E-state index contributed by atoms with van der Waals surface area (Å²) in [4.78, 5) is 40.0. The lowest BCUT2D eigenvalue weighted by molar-refractivity contribution is -0.125.